The molecule has 0 unspecified atom stereocenters. The van der Waals surface area contributed by atoms with E-state index in [0.29, 0.717) is 17.3 Å². The number of nitrogens with two attached hydrogens (primary N) is 1. The molecule has 0 spiro atoms. The van der Waals surface area contributed by atoms with Crippen LogP contribution in [0.4, 0.5) is 5.82 Å². The van der Waals surface area contributed by atoms with Crippen LogP contribution in [-0.4, -0.2) is 50.6 Å². The van der Waals surface area contributed by atoms with Gasteiger partial charge in [-0.2, -0.15) is 0 Å². The molecule has 1 saturated carbocycles. The largest absolute Gasteiger partial charge is 0.382 e. The lowest BCUT2D eigenvalue weighted by Crippen LogP contribution is -2.32. The SMILES string of the molecule is CCNC[C@H]1C[C@@H](n2cnc3c(N)ncnc32)[C@H]2OC(C)(C)O[C@@H]12. The first kappa shape index (κ1) is 15.7. The molecule has 2 aromatic heterocycles. The van der Waals surface area contributed by atoms with Crippen LogP contribution >= 0.6 is 0 Å². The van der Waals surface area contributed by atoms with E-state index in [2.05, 4.69) is 31.8 Å². The lowest BCUT2D eigenvalue weighted by molar-refractivity contribution is -0.160. The molecule has 3 heterocycles. The maximum absolute atomic E-state index is 6.23. The Balaban J connectivity index is 1.70. The van der Waals surface area contributed by atoms with Crippen molar-refractivity contribution in [1.82, 2.24) is 24.8 Å². The minimum atomic E-state index is -0.567. The van der Waals surface area contributed by atoms with E-state index in [1.807, 2.05) is 13.8 Å². The molecule has 0 amide bonds. The van der Waals surface area contributed by atoms with Gasteiger partial charge in [0.15, 0.2) is 17.3 Å². The summed E-state index contributed by atoms with van der Waals surface area (Å²) in [6, 6.07) is 0.125. The molecule has 8 heteroatoms. The molecule has 0 aromatic carbocycles. The molecule has 1 aliphatic heterocycles. The molecule has 2 fully saturated rings. The molecule has 4 atom stereocenters. The summed E-state index contributed by atoms with van der Waals surface area (Å²) in [6.45, 7) is 7.92. The van der Waals surface area contributed by atoms with Crippen molar-refractivity contribution in [2.75, 3.05) is 18.8 Å². The van der Waals surface area contributed by atoms with Crippen LogP contribution in [0.1, 0.15) is 33.2 Å². The molecule has 1 aliphatic carbocycles. The van der Waals surface area contributed by atoms with Crippen molar-refractivity contribution in [1.29, 1.82) is 0 Å². The predicted molar refractivity (Wildman–Crippen MR) is 89.2 cm³/mol. The van der Waals surface area contributed by atoms with Crippen LogP contribution in [0.3, 0.4) is 0 Å². The molecule has 0 bridgehead atoms. The quantitative estimate of drug-likeness (QED) is 0.864. The van der Waals surface area contributed by atoms with Crippen LogP contribution < -0.4 is 11.1 Å². The summed E-state index contributed by atoms with van der Waals surface area (Å²) in [5, 5.41) is 3.44. The highest BCUT2D eigenvalue weighted by atomic mass is 16.8. The van der Waals surface area contributed by atoms with Gasteiger partial charge >= 0.3 is 0 Å². The van der Waals surface area contributed by atoms with Crippen molar-refractivity contribution in [3.8, 4) is 0 Å². The smallest absolute Gasteiger partial charge is 0.165 e. The average molecular weight is 332 g/mol. The third-order valence-electron chi connectivity index (χ3n) is 4.95. The number of rotatable bonds is 4. The van der Waals surface area contributed by atoms with E-state index < -0.39 is 5.79 Å². The van der Waals surface area contributed by atoms with E-state index in [9.17, 15) is 0 Å². The molecule has 2 aromatic rings. The van der Waals surface area contributed by atoms with Gasteiger partial charge in [-0.3, -0.25) is 0 Å². The summed E-state index contributed by atoms with van der Waals surface area (Å²) in [5.74, 6) is 0.225. The molecule has 8 nitrogen and oxygen atoms in total. The number of nitrogen functional groups attached to an aromatic ring is 1. The van der Waals surface area contributed by atoms with Gasteiger partial charge in [0.2, 0.25) is 0 Å². The first-order chi connectivity index (χ1) is 11.5. The number of ether oxygens (including phenoxy) is 2. The fourth-order valence-corrected chi connectivity index (χ4v) is 3.97. The van der Waals surface area contributed by atoms with Gasteiger partial charge in [0.05, 0.1) is 18.5 Å². The third-order valence-corrected chi connectivity index (χ3v) is 4.95. The molecule has 2 aliphatic rings. The number of fused-ring (bicyclic) bond motifs is 2. The van der Waals surface area contributed by atoms with Gasteiger partial charge in [-0.1, -0.05) is 6.92 Å². The summed E-state index contributed by atoms with van der Waals surface area (Å²) in [7, 11) is 0. The van der Waals surface area contributed by atoms with E-state index in [1.54, 1.807) is 6.33 Å². The maximum atomic E-state index is 6.23. The highest BCUT2D eigenvalue weighted by molar-refractivity contribution is 5.81. The van der Waals surface area contributed by atoms with Crippen molar-refractivity contribution < 1.29 is 9.47 Å². The molecular weight excluding hydrogens is 308 g/mol. The fourth-order valence-electron chi connectivity index (χ4n) is 3.97. The Labute approximate surface area is 140 Å². The van der Waals surface area contributed by atoms with Crippen LogP contribution in [-0.2, 0) is 9.47 Å². The van der Waals surface area contributed by atoms with Crippen LogP contribution in [0, 0.1) is 5.92 Å². The topological polar surface area (TPSA) is 100 Å². The molecule has 4 rings (SSSR count). The third kappa shape index (κ3) is 2.45. The second-order valence-electron chi connectivity index (χ2n) is 7.02. The Kier molecular flexibility index (Phi) is 3.70. The maximum Gasteiger partial charge on any atom is 0.165 e. The predicted octanol–water partition coefficient (Wildman–Crippen LogP) is 1.10. The average Bonchev–Trinajstić information content (AvgIpc) is 3.17. The Morgan fingerprint density at radius 3 is 2.88 bits per heavy atom. The van der Waals surface area contributed by atoms with E-state index in [-0.39, 0.29) is 18.2 Å². The normalized spacial score (nSPS) is 31.6. The van der Waals surface area contributed by atoms with Gasteiger partial charge in [-0.25, -0.2) is 15.0 Å². The summed E-state index contributed by atoms with van der Waals surface area (Å²) in [4.78, 5) is 12.8. The van der Waals surface area contributed by atoms with E-state index in [1.165, 1.54) is 6.33 Å². The Morgan fingerprint density at radius 1 is 1.29 bits per heavy atom. The minimum Gasteiger partial charge on any atom is -0.382 e. The van der Waals surface area contributed by atoms with Gasteiger partial charge in [0.25, 0.3) is 0 Å². The summed E-state index contributed by atoms with van der Waals surface area (Å²) >= 11 is 0. The van der Waals surface area contributed by atoms with Gasteiger partial charge in [0, 0.05) is 12.5 Å². The van der Waals surface area contributed by atoms with Crippen LogP contribution in [0.2, 0.25) is 0 Å². The van der Waals surface area contributed by atoms with Crippen molar-refractivity contribution in [3.63, 3.8) is 0 Å². The highest BCUT2D eigenvalue weighted by Gasteiger charge is 2.54. The molecule has 1 saturated heterocycles. The second-order valence-corrected chi connectivity index (χ2v) is 7.02. The zero-order chi connectivity index (χ0) is 16.9. The zero-order valence-corrected chi connectivity index (χ0v) is 14.3. The molecule has 3 N–H and O–H groups in total. The Bertz CT molecular complexity index is 745. The number of hydrogen-bond acceptors (Lipinski definition) is 7. The summed E-state index contributed by atoms with van der Waals surface area (Å²) in [6.07, 6.45) is 4.28. The number of aromatic nitrogens is 4. The second kappa shape index (κ2) is 5.65. The molecule has 0 radical (unpaired) electrons. The van der Waals surface area contributed by atoms with Crippen molar-refractivity contribution >= 4 is 17.0 Å². The van der Waals surface area contributed by atoms with E-state index >= 15 is 0 Å². The summed E-state index contributed by atoms with van der Waals surface area (Å²) in [5.41, 5.74) is 7.31. The lowest BCUT2D eigenvalue weighted by Gasteiger charge is -2.24. The molecule has 24 heavy (non-hydrogen) atoms. The monoisotopic (exact) mass is 332 g/mol. The first-order valence-electron chi connectivity index (χ1n) is 8.49. The molecule has 130 valence electrons. The lowest BCUT2D eigenvalue weighted by atomic mass is 10.1. The molecular formula is C16H24N6O2. The number of imidazole rings is 1. The first-order valence-corrected chi connectivity index (χ1v) is 8.49. The van der Waals surface area contributed by atoms with Gasteiger partial charge < -0.3 is 25.1 Å². The van der Waals surface area contributed by atoms with Crippen molar-refractivity contribution in [2.45, 2.75) is 51.2 Å². The van der Waals surface area contributed by atoms with Gasteiger partial charge in [-0.05, 0) is 26.8 Å². The Hall–Kier alpha value is -1.77. The standard InChI is InChI=1S/C16H24N6O2/c1-4-18-6-9-5-10(13-12(9)23-16(2,3)24-13)22-8-21-11-14(17)19-7-20-15(11)22/h7-10,12-13,18H,4-6H2,1-3H3,(H2,17,19,20)/t9-,10-,12+,13-/m1/s1. The van der Waals surface area contributed by atoms with Crippen LogP contribution in [0.15, 0.2) is 12.7 Å². The Morgan fingerprint density at radius 2 is 2.08 bits per heavy atom. The van der Waals surface area contributed by atoms with Crippen molar-refractivity contribution in [3.05, 3.63) is 12.7 Å². The highest BCUT2D eigenvalue weighted by Crippen LogP contribution is 2.47. The van der Waals surface area contributed by atoms with E-state index in [0.717, 1.165) is 25.2 Å². The number of anilines is 1. The number of nitrogens with zero attached hydrogens (tertiary/aromatic N) is 4. The minimum absolute atomic E-state index is 0.0164. The number of hydrogen-bond donors (Lipinski definition) is 2. The van der Waals surface area contributed by atoms with Crippen molar-refractivity contribution in [2.24, 2.45) is 5.92 Å². The number of nitrogens with one attached hydrogen (secondary N) is 1. The van der Waals surface area contributed by atoms with E-state index in [4.69, 9.17) is 15.2 Å². The fraction of sp³-hybridized carbons (Fsp3) is 0.688. The van der Waals surface area contributed by atoms with Crippen LogP contribution in [0.25, 0.3) is 11.2 Å². The summed E-state index contributed by atoms with van der Waals surface area (Å²) < 4.78 is 14.5. The van der Waals surface area contributed by atoms with Gasteiger partial charge in [-0.15, -0.1) is 0 Å². The van der Waals surface area contributed by atoms with Gasteiger partial charge in [0.1, 0.15) is 17.9 Å². The zero-order valence-electron chi connectivity index (χ0n) is 14.3. The van der Waals surface area contributed by atoms with Crippen LogP contribution in [0.5, 0.6) is 0 Å².